The minimum atomic E-state index is -1.01. The maximum atomic E-state index is 10.1. The number of halogens is 1. The molecule has 0 aromatic rings. The molecule has 5 N–H and O–H groups in total. The Balaban J connectivity index is 0.000000181. The molecule has 6 fully saturated rings. The maximum Gasteiger partial charge on any atom is 0.186 e. The zero-order valence-electron chi connectivity index (χ0n) is 18.5. The van der Waals surface area contributed by atoms with Gasteiger partial charge in [0.2, 0.25) is 0 Å². The lowest BCUT2D eigenvalue weighted by molar-refractivity contribution is -0.293. The topological polar surface area (TPSA) is 138 Å². The molecule has 6 heterocycles. The number of aliphatic hydroxyl groups is 5. The highest BCUT2D eigenvalue weighted by molar-refractivity contribution is 9.09. The van der Waals surface area contributed by atoms with Gasteiger partial charge in [-0.3, -0.25) is 0 Å². The average molecular weight is 527 g/mol. The third-order valence-electron chi connectivity index (χ3n) is 6.97. The number of rotatable bonds is 2. The van der Waals surface area contributed by atoms with Crippen LogP contribution < -0.4 is 0 Å². The average Bonchev–Trinajstić information content (AvgIpc) is 2.82. The van der Waals surface area contributed by atoms with Crippen molar-refractivity contribution in [3.8, 4) is 0 Å². The highest BCUT2D eigenvalue weighted by Gasteiger charge is 2.45. The Hall–Kier alpha value is 0.120. The highest BCUT2D eigenvalue weighted by atomic mass is 79.9. The van der Waals surface area contributed by atoms with Crippen molar-refractivity contribution in [2.45, 2.75) is 101 Å². The molecule has 0 saturated carbocycles. The summed E-state index contributed by atoms with van der Waals surface area (Å²) in [6, 6.07) is 0. The summed E-state index contributed by atoms with van der Waals surface area (Å²) >= 11 is 3.39. The van der Waals surface area contributed by atoms with Crippen molar-refractivity contribution in [2.75, 3.05) is 25.2 Å². The molecule has 6 aliphatic rings. The van der Waals surface area contributed by atoms with Gasteiger partial charge in [-0.05, 0) is 25.7 Å². The summed E-state index contributed by atoms with van der Waals surface area (Å²) in [5, 5.41) is 49.6. The summed E-state index contributed by atoms with van der Waals surface area (Å²) in [5.41, 5.74) is 0. The van der Waals surface area contributed by atoms with Crippen LogP contribution in [0.2, 0.25) is 0 Å². The summed E-state index contributed by atoms with van der Waals surface area (Å²) in [7, 11) is 0. The number of hydrogen-bond acceptors (Lipinski definition) is 9. The Morgan fingerprint density at radius 1 is 0.625 bits per heavy atom. The summed E-state index contributed by atoms with van der Waals surface area (Å²) in [6.45, 7) is 0.972. The van der Waals surface area contributed by atoms with Crippen molar-refractivity contribution in [3.05, 3.63) is 0 Å². The monoisotopic (exact) mass is 526 g/mol. The lowest BCUT2D eigenvalue weighted by Crippen LogP contribution is -2.56. The van der Waals surface area contributed by atoms with Crippen molar-refractivity contribution < 1.29 is 44.5 Å². The van der Waals surface area contributed by atoms with Gasteiger partial charge in [-0.2, -0.15) is 0 Å². The van der Waals surface area contributed by atoms with Crippen LogP contribution >= 0.6 is 15.9 Å². The maximum absolute atomic E-state index is 10.1. The number of hydrogen-bond donors (Lipinski definition) is 5. The van der Waals surface area contributed by atoms with Crippen molar-refractivity contribution in [1.82, 2.24) is 0 Å². The summed E-state index contributed by atoms with van der Waals surface area (Å²) in [4.78, 5) is 0. The summed E-state index contributed by atoms with van der Waals surface area (Å²) < 4.78 is 22.0. The normalized spacial score (nSPS) is 45.6. The first-order valence-electron chi connectivity index (χ1n) is 11.9. The van der Waals surface area contributed by atoms with Crippen LogP contribution in [-0.4, -0.2) is 99.9 Å². The van der Waals surface area contributed by atoms with Crippen LogP contribution in [0.4, 0.5) is 0 Å². The molecule has 9 nitrogen and oxygen atoms in total. The van der Waals surface area contributed by atoms with Gasteiger partial charge in [-0.15, -0.1) is 0 Å². The lowest BCUT2D eigenvalue weighted by atomic mass is 9.84. The molecule has 0 aromatic heterocycles. The second-order valence-electron chi connectivity index (χ2n) is 9.15. The van der Waals surface area contributed by atoms with Gasteiger partial charge in [0, 0.05) is 30.4 Å². The molecule has 0 amide bonds. The van der Waals surface area contributed by atoms with Crippen LogP contribution in [0, 0.1) is 11.8 Å². The van der Waals surface area contributed by atoms with E-state index in [9.17, 15) is 25.5 Å². The second kappa shape index (κ2) is 13.3. The van der Waals surface area contributed by atoms with Crippen molar-refractivity contribution in [2.24, 2.45) is 11.8 Å². The first-order valence-corrected chi connectivity index (χ1v) is 13.0. The fourth-order valence-electron chi connectivity index (χ4n) is 5.01. The Morgan fingerprint density at radius 2 is 1.09 bits per heavy atom. The van der Waals surface area contributed by atoms with Crippen molar-refractivity contribution >= 4 is 15.9 Å². The number of aliphatic hydroxyl groups excluding tert-OH is 5. The zero-order chi connectivity index (χ0) is 23.1. The molecule has 4 unspecified atom stereocenters. The Bertz CT molecular complexity index is 488. The standard InChI is InChI=1S/C11H19BrO4.C11H20O5/c2*12-6-8-7-4-2-1-3-5-15-11(16-8)10(14)9(7)13/h7-11,13-14H,1-6H2;7-14H,1-6H2/t2*7-,8-,9?,10?,11+/m11/s1. The second-order valence-corrected chi connectivity index (χ2v) is 9.80. The quantitative estimate of drug-likeness (QED) is 0.328. The van der Waals surface area contributed by atoms with Crippen LogP contribution in [0.3, 0.4) is 0 Å². The van der Waals surface area contributed by atoms with Crippen molar-refractivity contribution in [3.63, 3.8) is 0 Å². The molecule has 32 heavy (non-hydrogen) atoms. The van der Waals surface area contributed by atoms with Crippen LogP contribution in [-0.2, 0) is 18.9 Å². The van der Waals surface area contributed by atoms with E-state index in [1.54, 1.807) is 0 Å². The molecule has 188 valence electrons. The fourth-order valence-corrected chi connectivity index (χ4v) is 5.64. The Kier molecular flexibility index (Phi) is 11.1. The van der Waals surface area contributed by atoms with E-state index in [-0.39, 0.29) is 24.5 Å². The van der Waals surface area contributed by atoms with Crippen molar-refractivity contribution in [1.29, 1.82) is 0 Å². The van der Waals surface area contributed by atoms with Gasteiger partial charge in [0.15, 0.2) is 12.6 Å². The Morgan fingerprint density at radius 3 is 1.56 bits per heavy atom. The molecule has 10 atom stereocenters. The molecule has 4 bridgehead atoms. The van der Waals surface area contributed by atoms with Crippen LogP contribution in [0.1, 0.15) is 51.4 Å². The van der Waals surface area contributed by atoms with Crippen LogP contribution in [0.5, 0.6) is 0 Å². The predicted octanol–water partition coefficient (Wildman–Crippen LogP) is 0.667. The van der Waals surface area contributed by atoms with E-state index >= 15 is 0 Å². The lowest BCUT2D eigenvalue weighted by Gasteiger charge is -2.43. The van der Waals surface area contributed by atoms with Gasteiger partial charge in [-0.1, -0.05) is 41.6 Å². The first kappa shape index (κ1) is 26.7. The van der Waals surface area contributed by atoms with E-state index in [4.69, 9.17) is 18.9 Å². The van der Waals surface area contributed by atoms with Gasteiger partial charge >= 0.3 is 0 Å². The van der Waals surface area contributed by atoms with Gasteiger partial charge in [-0.25, -0.2) is 0 Å². The molecular formula is C22H39BrO9. The Labute approximate surface area is 198 Å². The minimum Gasteiger partial charge on any atom is -0.394 e. The minimum absolute atomic E-state index is 0.00678. The van der Waals surface area contributed by atoms with E-state index in [1.807, 2.05) is 0 Å². The SMILES string of the molecule is OC1C(O)[C@@H]2CCCCCO[C@H]1O[C@@H]2CBr.OC[C@H]1O[C@@H]2OCCCCC[C@H]1C(O)C2O. The molecule has 0 aliphatic carbocycles. The highest BCUT2D eigenvalue weighted by Crippen LogP contribution is 2.33. The summed E-state index contributed by atoms with van der Waals surface area (Å²) in [5.74, 6) is -0.190. The molecule has 10 heteroatoms. The van der Waals surface area contributed by atoms with Gasteiger partial charge in [0.25, 0.3) is 0 Å². The summed E-state index contributed by atoms with van der Waals surface area (Å²) in [6.07, 6.45) is 2.28. The third-order valence-corrected chi connectivity index (χ3v) is 7.61. The van der Waals surface area contributed by atoms with E-state index < -0.39 is 43.1 Å². The third kappa shape index (κ3) is 6.62. The van der Waals surface area contributed by atoms with Crippen LogP contribution in [0.25, 0.3) is 0 Å². The molecule has 0 radical (unpaired) electrons. The zero-order valence-corrected chi connectivity index (χ0v) is 20.1. The molecule has 6 rings (SSSR count). The van der Waals surface area contributed by atoms with Gasteiger partial charge in [0.1, 0.15) is 12.2 Å². The smallest absolute Gasteiger partial charge is 0.186 e. The fraction of sp³-hybridized carbons (Fsp3) is 1.00. The van der Waals surface area contributed by atoms with Crippen LogP contribution in [0.15, 0.2) is 0 Å². The number of alkyl halides is 1. The molecule has 6 aliphatic heterocycles. The van der Waals surface area contributed by atoms with E-state index in [1.165, 1.54) is 0 Å². The molecule has 0 spiro atoms. The molecule has 6 saturated heterocycles. The number of fused-ring (bicyclic) bond motifs is 14. The largest absolute Gasteiger partial charge is 0.394 e. The molecular weight excluding hydrogens is 488 g/mol. The van der Waals surface area contributed by atoms with E-state index in [2.05, 4.69) is 15.9 Å². The van der Waals surface area contributed by atoms with E-state index in [0.29, 0.717) is 18.5 Å². The molecule has 0 aromatic carbocycles. The van der Waals surface area contributed by atoms with Gasteiger partial charge in [0.05, 0.1) is 31.0 Å². The first-order chi connectivity index (χ1) is 15.5. The predicted molar refractivity (Wildman–Crippen MR) is 118 cm³/mol. The van der Waals surface area contributed by atoms with Gasteiger partial charge < -0.3 is 44.5 Å². The van der Waals surface area contributed by atoms with E-state index in [0.717, 1.165) is 51.4 Å². The number of ether oxygens (including phenoxy) is 4.